The van der Waals surface area contributed by atoms with Crippen LogP contribution in [0.25, 0.3) is 22.2 Å². The molecule has 6 nitrogen and oxygen atoms in total. The number of aromatic amines is 1. The first-order valence-corrected chi connectivity index (χ1v) is 13.4. The zero-order chi connectivity index (χ0) is 25.4. The van der Waals surface area contributed by atoms with Crippen LogP contribution in [0.15, 0.2) is 36.4 Å². The van der Waals surface area contributed by atoms with E-state index < -0.39 is 0 Å². The lowest BCUT2D eigenvalue weighted by Gasteiger charge is -2.51. The zero-order valence-corrected chi connectivity index (χ0v) is 22.9. The average molecular weight is 491 g/mol. The number of ether oxygens (including phenoxy) is 2. The average Bonchev–Trinajstić information content (AvgIpc) is 3.26. The molecule has 3 aromatic rings. The van der Waals surface area contributed by atoms with Crippen molar-refractivity contribution >= 4 is 16.6 Å². The monoisotopic (exact) mass is 490 g/mol. The summed E-state index contributed by atoms with van der Waals surface area (Å²) >= 11 is 0. The molecule has 2 saturated heterocycles. The van der Waals surface area contributed by atoms with Crippen LogP contribution < -0.4 is 14.4 Å². The second-order valence-corrected chi connectivity index (χ2v) is 11.1. The lowest BCUT2D eigenvalue weighted by Crippen LogP contribution is -2.62. The smallest absolute Gasteiger partial charge is 0.161 e. The Hall–Kier alpha value is -2.70. The van der Waals surface area contributed by atoms with Gasteiger partial charge < -0.3 is 24.3 Å². The molecule has 0 spiro atoms. The number of rotatable bonds is 6. The van der Waals surface area contributed by atoms with Gasteiger partial charge in [0.15, 0.2) is 11.5 Å². The van der Waals surface area contributed by atoms with Gasteiger partial charge in [-0.1, -0.05) is 6.92 Å². The van der Waals surface area contributed by atoms with E-state index in [1.807, 2.05) is 6.07 Å². The molecule has 0 radical (unpaired) electrons. The lowest BCUT2D eigenvalue weighted by atomic mass is 9.93. The second-order valence-electron chi connectivity index (χ2n) is 11.1. The van der Waals surface area contributed by atoms with E-state index in [-0.39, 0.29) is 5.54 Å². The quantitative estimate of drug-likeness (QED) is 0.501. The van der Waals surface area contributed by atoms with Gasteiger partial charge in [0.1, 0.15) is 0 Å². The highest BCUT2D eigenvalue weighted by atomic mass is 16.5. The molecule has 1 N–H and O–H groups in total. The van der Waals surface area contributed by atoms with Crippen LogP contribution in [-0.4, -0.2) is 80.4 Å². The van der Waals surface area contributed by atoms with Crippen LogP contribution >= 0.6 is 0 Å². The molecule has 194 valence electrons. The number of benzene rings is 2. The number of fused-ring (bicyclic) bond motifs is 1. The molecule has 0 amide bonds. The van der Waals surface area contributed by atoms with Gasteiger partial charge in [-0.25, -0.2) is 0 Å². The standard InChI is InChI=1S/C30H42N4O2/c1-7-24-25-19-23(34-17-16-33(20-30(34,2)3)22-12-14-32(4)15-13-22)9-10-26(25)31-29(24)21-8-11-27(35-5)28(18-21)36-6/h8-11,18-19,22,31H,7,12-17,20H2,1-6H3. The van der Waals surface area contributed by atoms with Gasteiger partial charge in [0.25, 0.3) is 0 Å². The van der Waals surface area contributed by atoms with E-state index >= 15 is 0 Å². The lowest BCUT2D eigenvalue weighted by molar-refractivity contribution is 0.0844. The minimum absolute atomic E-state index is 0.0874. The SMILES string of the molecule is CCc1c(-c2ccc(OC)c(OC)c2)[nH]c2ccc(N3CCN(C4CCN(C)CC4)CC3(C)C)cc12. The number of aromatic nitrogens is 1. The van der Waals surface area contributed by atoms with Crippen molar-refractivity contribution in [1.82, 2.24) is 14.8 Å². The molecule has 2 aliphatic rings. The number of likely N-dealkylation sites (tertiary alicyclic amines) is 1. The maximum absolute atomic E-state index is 5.57. The third-order valence-corrected chi connectivity index (χ3v) is 8.36. The Bertz CT molecular complexity index is 1210. The molecular formula is C30H42N4O2. The van der Waals surface area contributed by atoms with Crippen LogP contribution in [0.2, 0.25) is 0 Å². The van der Waals surface area contributed by atoms with Crippen LogP contribution in [0.3, 0.4) is 0 Å². The van der Waals surface area contributed by atoms with Gasteiger partial charge >= 0.3 is 0 Å². The molecule has 0 bridgehead atoms. The van der Waals surface area contributed by atoms with Crippen LogP contribution in [0.1, 0.15) is 39.2 Å². The summed E-state index contributed by atoms with van der Waals surface area (Å²) in [5.74, 6) is 1.50. The molecule has 3 heterocycles. The Kier molecular flexibility index (Phi) is 6.92. The number of H-pyrrole nitrogens is 1. The van der Waals surface area contributed by atoms with E-state index in [9.17, 15) is 0 Å². The summed E-state index contributed by atoms with van der Waals surface area (Å²) in [6.45, 7) is 12.8. The molecule has 6 heteroatoms. The summed E-state index contributed by atoms with van der Waals surface area (Å²) in [6, 6.07) is 13.8. The first kappa shape index (κ1) is 25.0. The van der Waals surface area contributed by atoms with Crippen molar-refractivity contribution in [2.75, 3.05) is 58.9 Å². The Labute approximate surface area is 216 Å². The van der Waals surface area contributed by atoms with Gasteiger partial charge in [0.2, 0.25) is 0 Å². The van der Waals surface area contributed by atoms with Crippen molar-refractivity contribution in [1.29, 1.82) is 0 Å². The molecule has 1 aromatic heterocycles. The van der Waals surface area contributed by atoms with Gasteiger partial charge in [0.05, 0.1) is 14.2 Å². The molecule has 0 atom stereocenters. The zero-order valence-electron chi connectivity index (χ0n) is 22.9. The van der Waals surface area contributed by atoms with Gasteiger partial charge in [-0.05, 0) is 95.2 Å². The Balaban J connectivity index is 1.43. The van der Waals surface area contributed by atoms with Crippen LogP contribution in [0.5, 0.6) is 11.5 Å². The fourth-order valence-electron chi connectivity index (χ4n) is 6.35. The van der Waals surface area contributed by atoms with E-state index in [4.69, 9.17) is 9.47 Å². The van der Waals surface area contributed by atoms with E-state index in [1.165, 1.54) is 48.1 Å². The third kappa shape index (κ3) is 4.57. The van der Waals surface area contributed by atoms with Gasteiger partial charge in [0, 0.05) is 59.1 Å². The summed E-state index contributed by atoms with van der Waals surface area (Å²) in [5, 5.41) is 1.31. The van der Waals surface area contributed by atoms with Gasteiger partial charge in [-0.2, -0.15) is 0 Å². The Morgan fingerprint density at radius 1 is 0.944 bits per heavy atom. The number of nitrogens with one attached hydrogen (secondary N) is 1. The summed E-state index contributed by atoms with van der Waals surface area (Å²) < 4.78 is 11.0. The molecule has 2 aromatic carbocycles. The number of piperazine rings is 1. The first-order valence-electron chi connectivity index (χ1n) is 13.4. The molecule has 2 aliphatic heterocycles. The van der Waals surface area contributed by atoms with E-state index in [0.717, 1.165) is 54.9 Å². The minimum atomic E-state index is 0.0874. The molecule has 0 unspecified atom stereocenters. The number of methoxy groups -OCH3 is 2. The van der Waals surface area contributed by atoms with Crippen molar-refractivity contribution in [3.8, 4) is 22.8 Å². The fourth-order valence-corrected chi connectivity index (χ4v) is 6.35. The maximum atomic E-state index is 5.57. The largest absolute Gasteiger partial charge is 0.493 e. The molecule has 0 aliphatic carbocycles. The summed E-state index contributed by atoms with van der Waals surface area (Å²) in [4.78, 5) is 11.5. The van der Waals surface area contributed by atoms with Crippen molar-refractivity contribution in [3.05, 3.63) is 42.0 Å². The van der Waals surface area contributed by atoms with E-state index in [2.05, 4.69) is 77.8 Å². The van der Waals surface area contributed by atoms with Crippen LogP contribution in [-0.2, 0) is 6.42 Å². The number of hydrogen-bond donors (Lipinski definition) is 1. The van der Waals surface area contributed by atoms with Crippen LogP contribution in [0.4, 0.5) is 5.69 Å². The number of piperidine rings is 1. The highest BCUT2D eigenvalue weighted by molar-refractivity contribution is 5.93. The fraction of sp³-hybridized carbons (Fsp3) is 0.533. The first-order chi connectivity index (χ1) is 17.3. The highest BCUT2D eigenvalue weighted by Crippen LogP contribution is 2.38. The number of aryl methyl sites for hydroxylation is 1. The maximum Gasteiger partial charge on any atom is 0.161 e. The minimum Gasteiger partial charge on any atom is -0.493 e. The molecular weight excluding hydrogens is 448 g/mol. The molecule has 5 rings (SSSR count). The predicted octanol–water partition coefficient (Wildman–Crippen LogP) is 5.41. The summed E-state index contributed by atoms with van der Waals surface area (Å²) in [6.07, 6.45) is 3.54. The van der Waals surface area contributed by atoms with Crippen molar-refractivity contribution in [2.24, 2.45) is 0 Å². The van der Waals surface area contributed by atoms with Crippen LogP contribution in [0, 0.1) is 0 Å². The third-order valence-electron chi connectivity index (χ3n) is 8.36. The second kappa shape index (κ2) is 9.98. The summed E-state index contributed by atoms with van der Waals surface area (Å²) in [7, 11) is 5.61. The van der Waals surface area contributed by atoms with Gasteiger partial charge in [-0.3, -0.25) is 4.90 Å². The highest BCUT2D eigenvalue weighted by Gasteiger charge is 2.37. The molecule has 2 fully saturated rings. The number of hydrogen-bond acceptors (Lipinski definition) is 5. The normalized spacial score (nSPS) is 19.7. The van der Waals surface area contributed by atoms with Crippen molar-refractivity contribution in [3.63, 3.8) is 0 Å². The topological polar surface area (TPSA) is 44.0 Å². The number of anilines is 1. The Morgan fingerprint density at radius 3 is 2.36 bits per heavy atom. The van der Waals surface area contributed by atoms with E-state index in [1.54, 1.807) is 14.2 Å². The van der Waals surface area contributed by atoms with Crippen molar-refractivity contribution < 1.29 is 9.47 Å². The van der Waals surface area contributed by atoms with E-state index in [0.29, 0.717) is 0 Å². The Morgan fingerprint density at radius 2 is 1.69 bits per heavy atom. The van der Waals surface area contributed by atoms with Gasteiger partial charge in [-0.15, -0.1) is 0 Å². The summed E-state index contributed by atoms with van der Waals surface area (Å²) in [5.41, 5.74) is 6.23. The number of nitrogens with zero attached hydrogens (tertiary/aromatic N) is 3. The molecule has 36 heavy (non-hydrogen) atoms. The van der Waals surface area contributed by atoms with Crippen molar-refractivity contribution in [2.45, 2.75) is 51.6 Å². The molecule has 0 saturated carbocycles. The predicted molar refractivity (Wildman–Crippen MR) is 150 cm³/mol.